The number of aromatic nitrogens is 1. The second-order valence-corrected chi connectivity index (χ2v) is 9.13. The molecule has 5 heteroatoms. The minimum atomic E-state index is -0.314. The van der Waals surface area contributed by atoms with Gasteiger partial charge in [-0.2, -0.15) is 0 Å². The van der Waals surface area contributed by atoms with E-state index in [0.29, 0.717) is 17.2 Å². The first-order valence-corrected chi connectivity index (χ1v) is 12.2. The Morgan fingerprint density at radius 1 is 0.966 bits per heavy atom. The van der Waals surface area contributed by atoms with E-state index in [9.17, 15) is 4.79 Å². The smallest absolute Gasteiger partial charge is 0.350 e. The lowest BCUT2D eigenvalue weighted by molar-refractivity contribution is 0.0504. The lowest BCUT2D eigenvalue weighted by atomic mass is 10.1. The van der Waals surface area contributed by atoms with Crippen molar-refractivity contribution in [1.82, 2.24) is 4.98 Å². The molecule has 162 valence electrons. The van der Waals surface area contributed by atoms with Gasteiger partial charge < -0.3 is 10.5 Å². The van der Waals surface area contributed by atoms with Gasteiger partial charge in [0.15, 0.2) is 0 Å². The molecule has 0 aliphatic heterocycles. The number of rotatable bonds is 14. The number of aryl methyl sites for hydroxylation is 2. The molecule has 0 aromatic carbocycles. The molecule has 0 aliphatic rings. The molecule has 0 spiro atoms. The zero-order chi connectivity index (χ0) is 21.1. The summed E-state index contributed by atoms with van der Waals surface area (Å²) in [4.78, 5) is 18.2. The van der Waals surface area contributed by atoms with Gasteiger partial charge in [0.1, 0.15) is 9.71 Å². The van der Waals surface area contributed by atoms with E-state index in [0.717, 1.165) is 34.3 Å². The van der Waals surface area contributed by atoms with Gasteiger partial charge in [-0.25, -0.2) is 9.78 Å². The van der Waals surface area contributed by atoms with E-state index in [-0.39, 0.29) is 5.97 Å². The van der Waals surface area contributed by atoms with Gasteiger partial charge in [-0.3, -0.25) is 0 Å². The maximum Gasteiger partial charge on any atom is 0.350 e. The maximum absolute atomic E-state index is 12.4. The number of ether oxygens (including phenoxy) is 1. The summed E-state index contributed by atoms with van der Waals surface area (Å²) < 4.78 is 5.46. The normalized spacial score (nSPS) is 11.3. The van der Waals surface area contributed by atoms with Crippen molar-refractivity contribution in [2.24, 2.45) is 0 Å². The van der Waals surface area contributed by atoms with Gasteiger partial charge in [-0.15, -0.1) is 11.3 Å². The molecule has 0 unspecified atom stereocenters. The van der Waals surface area contributed by atoms with Gasteiger partial charge in [0, 0.05) is 11.1 Å². The van der Waals surface area contributed by atoms with Crippen LogP contribution in [-0.4, -0.2) is 17.6 Å². The number of carbonyl (C=O) groups excluding carboxylic acids is 1. The van der Waals surface area contributed by atoms with Crippen LogP contribution in [0.5, 0.6) is 0 Å². The Hall–Kier alpha value is -1.62. The number of carbonyl (C=O) groups is 1. The molecule has 2 rings (SSSR count). The van der Waals surface area contributed by atoms with Crippen LogP contribution >= 0.6 is 11.3 Å². The largest absolute Gasteiger partial charge is 0.461 e. The van der Waals surface area contributed by atoms with Gasteiger partial charge >= 0.3 is 5.97 Å². The van der Waals surface area contributed by atoms with Gasteiger partial charge in [0.25, 0.3) is 0 Å². The standard InChI is InChI=1S/C24H38N2O2S/c1-4-5-6-7-8-9-10-11-12-13-14-15-16-28-24(27)22-21(25)20-18(2)17-19(3)26-23(20)29-22/h17H,4-16,25H2,1-3H3. The molecule has 0 radical (unpaired) electrons. The average Bonchev–Trinajstić information content (AvgIpc) is 3.02. The number of nitrogen functional groups attached to an aromatic ring is 1. The Morgan fingerprint density at radius 3 is 2.10 bits per heavy atom. The van der Waals surface area contributed by atoms with Crippen molar-refractivity contribution in [3.05, 3.63) is 22.2 Å². The number of unbranched alkanes of at least 4 members (excludes halogenated alkanes) is 11. The maximum atomic E-state index is 12.4. The lowest BCUT2D eigenvalue weighted by Crippen LogP contribution is -2.06. The van der Waals surface area contributed by atoms with Crippen LogP contribution in [0.2, 0.25) is 0 Å². The van der Waals surface area contributed by atoms with Gasteiger partial charge in [-0.05, 0) is 31.9 Å². The zero-order valence-electron chi connectivity index (χ0n) is 18.5. The van der Waals surface area contributed by atoms with E-state index >= 15 is 0 Å². The molecular formula is C24H38N2O2S. The summed E-state index contributed by atoms with van der Waals surface area (Å²) in [6, 6.07) is 1.99. The van der Waals surface area contributed by atoms with Gasteiger partial charge in [-0.1, -0.05) is 77.6 Å². The fraction of sp³-hybridized carbons (Fsp3) is 0.667. The highest BCUT2D eigenvalue weighted by Crippen LogP contribution is 2.35. The first-order chi connectivity index (χ1) is 14.0. The summed E-state index contributed by atoms with van der Waals surface area (Å²) in [5.74, 6) is -0.314. The molecule has 0 saturated heterocycles. The number of hydrogen-bond donors (Lipinski definition) is 1. The van der Waals surface area contributed by atoms with Crippen molar-refractivity contribution < 1.29 is 9.53 Å². The van der Waals surface area contributed by atoms with Crippen molar-refractivity contribution in [2.75, 3.05) is 12.3 Å². The number of nitrogens with two attached hydrogens (primary N) is 1. The number of nitrogens with zero attached hydrogens (tertiary/aromatic N) is 1. The third kappa shape index (κ3) is 7.61. The predicted octanol–water partition coefficient (Wildman–Crippen LogP) is 7.35. The Kier molecular flexibility index (Phi) is 10.5. The monoisotopic (exact) mass is 418 g/mol. The molecule has 0 bridgehead atoms. The third-order valence-corrected chi connectivity index (χ3v) is 6.52. The van der Waals surface area contributed by atoms with E-state index < -0.39 is 0 Å². The van der Waals surface area contributed by atoms with Crippen LogP contribution in [0.1, 0.15) is 105 Å². The summed E-state index contributed by atoms with van der Waals surface area (Å²) in [5.41, 5.74) is 8.71. The summed E-state index contributed by atoms with van der Waals surface area (Å²) in [6.07, 6.45) is 15.5. The second-order valence-electron chi connectivity index (χ2n) is 8.13. The van der Waals surface area contributed by atoms with Crippen LogP contribution in [0.3, 0.4) is 0 Å². The van der Waals surface area contributed by atoms with Crippen LogP contribution in [0.25, 0.3) is 10.2 Å². The van der Waals surface area contributed by atoms with E-state index in [1.165, 1.54) is 75.5 Å². The number of pyridine rings is 1. The van der Waals surface area contributed by atoms with E-state index in [4.69, 9.17) is 10.5 Å². The summed E-state index contributed by atoms with van der Waals surface area (Å²) in [7, 11) is 0. The third-order valence-electron chi connectivity index (χ3n) is 5.44. The van der Waals surface area contributed by atoms with Gasteiger partial charge in [0.2, 0.25) is 0 Å². The molecule has 2 aromatic heterocycles. The van der Waals surface area contributed by atoms with Crippen LogP contribution < -0.4 is 5.73 Å². The molecule has 0 aliphatic carbocycles. The molecule has 4 nitrogen and oxygen atoms in total. The van der Waals surface area contributed by atoms with Crippen molar-refractivity contribution in [2.45, 2.75) is 97.8 Å². The van der Waals surface area contributed by atoms with Crippen molar-refractivity contribution in [3.63, 3.8) is 0 Å². The van der Waals surface area contributed by atoms with Crippen molar-refractivity contribution in [3.8, 4) is 0 Å². The Balaban J connectivity index is 1.58. The number of fused-ring (bicyclic) bond motifs is 1. The average molecular weight is 419 g/mol. The van der Waals surface area contributed by atoms with Crippen molar-refractivity contribution >= 4 is 33.2 Å². The van der Waals surface area contributed by atoms with Crippen LogP contribution in [0.4, 0.5) is 5.69 Å². The van der Waals surface area contributed by atoms with Crippen molar-refractivity contribution in [1.29, 1.82) is 0 Å². The molecule has 0 amide bonds. The minimum Gasteiger partial charge on any atom is -0.461 e. The summed E-state index contributed by atoms with van der Waals surface area (Å²) in [5, 5.41) is 0.887. The second kappa shape index (κ2) is 12.8. The molecule has 0 saturated carbocycles. The summed E-state index contributed by atoms with van der Waals surface area (Å²) in [6.45, 7) is 6.69. The highest BCUT2D eigenvalue weighted by Gasteiger charge is 2.20. The van der Waals surface area contributed by atoms with Gasteiger partial charge in [0.05, 0.1) is 12.3 Å². The Morgan fingerprint density at radius 2 is 1.52 bits per heavy atom. The Labute approximate surface area is 180 Å². The predicted molar refractivity (Wildman–Crippen MR) is 125 cm³/mol. The van der Waals surface area contributed by atoms with E-state index in [1.807, 2.05) is 19.9 Å². The first kappa shape index (κ1) is 23.7. The summed E-state index contributed by atoms with van der Waals surface area (Å²) >= 11 is 1.34. The highest BCUT2D eigenvalue weighted by atomic mass is 32.1. The Bertz CT molecular complexity index is 770. The zero-order valence-corrected chi connectivity index (χ0v) is 19.3. The van der Waals surface area contributed by atoms with Crippen LogP contribution in [0.15, 0.2) is 6.07 Å². The molecule has 2 aromatic rings. The van der Waals surface area contributed by atoms with Crippen LogP contribution in [-0.2, 0) is 4.74 Å². The fourth-order valence-corrected chi connectivity index (χ4v) is 4.90. The van der Waals surface area contributed by atoms with E-state index in [2.05, 4.69) is 11.9 Å². The molecular weight excluding hydrogens is 380 g/mol. The molecule has 29 heavy (non-hydrogen) atoms. The quantitative estimate of drug-likeness (QED) is 0.257. The SMILES string of the molecule is CCCCCCCCCCCCCCOC(=O)c1sc2nc(C)cc(C)c2c1N. The number of thiophene rings is 1. The fourth-order valence-electron chi connectivity index (χ4n) is 3.79. The number of hydrogen-bond acceptors (Lipinski definition) is 5. The topological polar surface area (TPSA) is 65.2 Å². The molecule has 0 atom stereocenters. The minimum absolute atomic E-state index is 0.314. The number of esters is 1. The molecule has 0 fully saturated rings. The highest BCUT2D eigenvalue weighted by molar-refractivity contribution is 7.21. The molecule has 2 heterocycles. The lowest BCUT2D eigenvalue weighted by Gasteiger charge is -2.05. The number of anilines is 1. The van der Waals surface area contributed by atoms with E-state index in [1.54, 1.807) is 0 Å². The molecule has 2 N–H and O–H groups in total. The first-order valence-electron chi connectivity index (χ1n) is 11.4. The van der Waals surface area contributed by atoms with Crippen LogP contribution in [0, 0.1) is 13.8 Å².